The molecule has 0 saturated carbocycles. The first-order valence-electron chi connectivity index (χ1n) is 5.96. The van der Waals surface area contributed by atoms with Crippen molar-refractivity contribution in [1.29, 1.82) is 0 Å². The molecule has 0 aliphatic carbocycles. The highest BCUT2D eigenvalue weighted by molar-refractivity contribution is 5.94. The van der Waals surface area contributed by atoms with Gasteiger partial charge in [0.1, 0.15) is 5.82 Å². The summed E-state index contributed by atoms with van der Waals surface area (Å²) in [6.45, 7) is 1.92. The number of rotatable bonds is 2. The quantitative estimate of drug-likeness (QED) is 0.848. The maximum Gasteiger partial charge on any atom is 0.256 e. The predicted molar refractivity (Wildman–Crippen MR) is 64.1 cm³/mol. The Hall–Kier alpha value is -1.42. The van der Waals surface area contributed by atoms with Gasteiger partial charge in [-0.1, -0.05) is 12.1 Å². The molecule has 92 valence electrons. The first kappa shape index (κ1) is 12.0. The third-order valence-electron chi connectivity index (χ3n) is 3.24. The third kappa shape index (κ3) is 2.64. The Morgan fingerprint density at radius 3 is 2.94 bits per heavy atom. The van der Waals surface area contributed by atoms with Crippen molar-refractivity contribution in [3.8, 4) is 0 Å². The highest BCUT2D eigenvalue weighted by Crippen LogP contribution is 2.18. The lowest BCUT2D eigenvalue weighted by molar-refractivity contribution is 0.0673. The molecular formula is C13H17FN2O. The number of hydrogen-bond donors (Lipinski definition) is 1. The minimum absolute atomic E-state index is 0.158. The minimum atomic E-state index is -0.452. The highest BCUT2D eigenvalue weighted by atomic mass is 19.1. The van der Waals surface area contributed by atoms with Gasteiger partial charge in [0, 0.05) is 13.1 Å². The molecule has 1 aromatic rings. The molecule has 1 aromatic carbocycles. The Morgan fingerprint density at radius 1 is 1.47 bits per heavy atom. The van der Waals surface area contributed by atoms with Crippen LogP contribution in [0.1, 0.15) is 23.2 Å². The molecule has 4 heteroatoms. The summed E-state index contributed by atoms with van der Waals surface area (Å²) in [6, 6.07) is 6.12. The largest absolute Gasteiger partial charge is 0.338 e. The molecular weight excluding hydrogens is 219 g/mol. The van der Waals surface area contributed by atoms with E-state index in [0.29, 0.717) is 25.6 Å². The fourth-order valence-electron chi connectivity index (χ4n) is 2.25. The van der Waals surface area contributed by atoms with E-state index in [1.807, 2.05) is 0 Å². The number of carbonyl (C=O) groups excluding carboxylic acids is 1. The summed E-state index contributed by atoms with van der Waals surface area (Å²) in [4.78, 5) is 13.8. The standard InChI is InChI=1S/C13H17FN2O/c14-12-6-2-1-5-11(12)13(17)16-7-3-4-10(8-15)9-16/h1-2,5-6,10H,3-4,7-9,15H2/t10-/m1/s1. The van der Waals surface area contributed by atoms with Crippen molar-refractivity contribution in [3.63, 3.8) is 0 Å². The van der Waals surface area contributed by atoms with Crippen LogP contribution in [-0.2, 0) is 0 Å². The van der Waals surface area contributed by atoms with Gasteiger partial charge in [-0.05, 0) is 37.4 Å². The molecule has 1 fully saturated rings. The van der Waals surface area contributed by atoms with E-state index in [-0.39, 0.29) is 11.5 Å². The Balaban J connectivity index is 2.12. The average Bonchev–Trinajstić information content (AvgIpc) is 2.38. The number of benzene rings is 1. The average molecular weight is 236 g/mol. The number of piperidine rings is 1. The van der Waals surface area contributed by atoms with Crippen molar-refractivity contribution in [3.05, 3.63) is 35.6 Å². The first-order chi connectivity index (χ1) is 8.22. The molecule has 2 rings (SSSR count). The van der Waals surface area contributed by atoms with Crippen molar-refractivity contribution >= 4 is 5.91 Å². The maximum absolute atomic E-state index is 13.5. The SMILES string of the molecule is NC[C@H]1CCCN(C(=O)c2ccccc2F)C1. The van der Waals surface area contributed by atoms with Crippen molar-refractivity contribution in [2.24, 2.45) is 11.7 Å². The molecule has 0 radical (unpaired) electrons. The zero-order valence-electron chi connectivity index (χ0n) is 9.73. The summed E-state index contributed by atoms with van der Waals surface area (Å²) in [5, 5.41) is 0. The van der Waals surface area contributed by atoms with Gasteiger partial charge in [-0.25, -0.2) is 4.39 Å². The van der Waals surface area contributed by atoms with Gasteiger partial charge in [-0.15, -0.1) is 0 Å². The molecule has 1 aliphatic heterocycles. The van der Waals surface area contributed by atoms with E-state index < -0.39 is 5.82 Å². The summed E-state index contributed by atoms with van der Waals surface area (Å²) < 4.78 is 13.5. The molecule has 3 nitrogen and oxygen atoms in total. The van der Waals surface area contributed by atoms with Crippen LogP contribution in [-0.4, -0.2) is 30.4 Å². The van der Waals surface area contributed by atoms with E-state index in [9.17, 15) is 9.18 Å². The molecule has 0 unspecified atom stereocenters. The second kappa shape index (κ2) is 5.27. The molecule has 2 N–H and O–H groups in total. The van der Waals surface area contributed by atoms with Gasteiger partial charge in [-0.3, -0.25) is 4.79 Å². The normalized spacial score (nSPS) is 20.4. The van der Waals surface area contributed by atoms with Crippen molar-refractivity contribution in [1.82, 2.24) is 4.90 Å². The van der Waals surface area contributed by atoms with Gasteiger partial charge in [0.2, 0.25) is 0 Å². The summed E-state index contributed by atoms with van der Waals surface area (Å²) in [6.07, 6.45) is 2.00. The molecule has 17 heavy (non-hydrogen) atoms. The molecule has 1 saturated heterocycles. The van der Waals surface area contributed by atoms with Crippen molar-refractivity contribution in [2.75, 3.05) is 19.6 Å². The molecule has 1 atom stereocenters. The third-order valence-corrected chi connectivity index (χ3v) is 3.24. The summed E-state index contributed by atoms with van der Waals surface area (Å²) in [5.74, 6) is -0.326. The lowest BCUT2D eigenvalue weighted by Crippen LogP contribution is -2.42. The molecule has 1 amide bonds. The van der Waals surface area contributed by atoms with E-state index in [1.54, 1.807) is 17.0 Å². The van der Waals surface area contributed by atoms with E-state index >= 15 is 0 Å². The summed E-state index contributed by atoms with van der Waals surface area (Å²) in [5.41, 5.74) is 5.78. The van der Waals surface area contributed by atoms with Gasteiger partial charge in [0.05, 0.1) is 5.56 Å². The fraction of sp³-hybridized carbons (Fsp3) is 0.462. The Kier molecular flexibility index (Phi) is 3.74. The van der Waals surface area contributed by atoms with Gasteiger partial charge >= 0.3 is 0 Å². The van der Waals surface area contributed by atoms with Crippen LogP contribution in [0, 0.1) is 11.7 Å². The molecule has 0 bridgehead atoms. The number of nitrogens with two attached hydrogens (primary N) is 1. The van der Waals surface area contributed by atoms with Crippen LogP contribution in [0.3, 0.4) is 0 Å². The Morgan fingerprint density at radius 2 is 2.24 bits per heavy atom. The smallest absolute Gasteiger partial charge is 0.256 e. The van der Waals surface area contributed by atoms with Gasteiger partial charge in [0.25, 0.3) is 5.91 Å². The number of amides is 1. The lowest BCUT2D eigenvalue weighted by Gasteiger charge is -2.32. The van der Waals surface area contributed by atoms with Gasteiger partial charge < -0.3 is 10.6 Å². The molecule has 1 heterocycles. The number of carbonyl (C=O) groups is 1. The van der Waals surface area contributed by atoms with Crippen molar-refractivity contribution < 1.29 is 9.18 Å². The van der Waals surface area contributed by atoms with E-state index in [1.165, 1.54) is 12.1 Å². The Bertz CT molecular complexity index is 408. The number of hydrogen-bond acceptors (Lipinski definition) is 2. The molecule has 1 aliphatic rings. The summed E-state index contributed by atoms with van der Waals surface area (Å²) in [7, 11) is 0. The molecule has 0 spiro atoms. The highest BCUT2D eigenvalue weighted by Gasteiger charge is 2.24. The maximum atomic E-state index is 13.5. The van der Waals surface area contributed by atoms with Crippen LogP contribution in [0.5, 0.6) is 0 Å². The lowest BCUT2D eigenvalue weighted by atomic mass is 9.97. The number of halogens is 1. The van der Waals surface area contributed by atoms with E-state index in [2.05, 4.69) is 0 Å². The van der Waals surface area contributed by atoms with Crippen LogP contribution in [0.25, 0.3) is 0 Å². The van der Waals surface area contributed by atoms with Crippen LogP contribution >= 0.6 is 0 Å². The second-order valence-electron chi connectivity index (χ2n) is 4.47. The zero-order chi connectivity index (χ0) is 12.3. The number of nitrogens with zero attached hydrogens (tertiary/aromatic N) is 1. The van der Waals surface area contributed by atoms with Gasteiger partial charge in [-0.2, -0.15) is 0 Å². The van der Waals surface area contributed by atoms with Crippen LogP contribution < -0.4 is 5.73 Å². The summed E-state index contributed by atoms with van der Waals surface area (Å²) >= 11 is 0. The monoisotopic (exact) mass is 236 g/mol. The van der Waals surface area contributed by atoms with Crippen molar-refractivity contribution in [2.45, 2.75) is 12.8 Å². The van der Waals surface area contributed by atoms with E-state index in [4.69, 9.17) is 5.73 Å². The topological polar surface area (TPSA) is 46.3 Å². The second-order valence-corrected chi connectivity index (χ2v) is 4.47. The van der Waals surface area contributed by atoms with Gasteiger partial charge in [0.15, 0.2) is 0 Å². The van der Waals surface area contributed by atoms with Crippen LogP contribution in [0.2, 0.25) is 0 Å². The fourth-order valence-corrected chi connectivity index (χ4v) is 2.25. The zero-order valence-corrected chi connectivity index (χ0v) is 9.73. The molecule has 0 aromatic heterocycles. The predicted octanol–water partition coefficient (Wildman–Crippen LogP) is 1.64. The first-order valence-corrected chi connectivity index (χ1v) is 5.96. The Labute approximate surface area is 100 Å². The van der Waals surface area contributed by atoms with E-state index in [0.717, 1.165) is 12.8 Å². The number of likely N-dealkylation sites (tertiary alicyclic amines) is 1. The minimum Gasteiger partial charge on any atom is -0.338 e. The van der Waals surface area contributed by atoms with Crippen LogP contribution in [0.4, 0.5) is 4.39 Å². The van der Waals surface area contributed by atoms with Crippen LogP contribution in [0.15, 0.2) is 24.3 Å².